The fourth-order valence-corrected chi connectivity index (χ4v) is 5.12. The minimum absolute atomic E-state index is 0.0283. The molecule has 1 N–H and O–H groups in total. The molecule has 148 valence electrons. The quantitative estimate of drug-likeness (QED) is 0.623. The lowest BCUT2D eigenvalue weighted by molar-refractivity contribution is 0.239. The number of halogens is 1. The molecule has 29 heavy (non-hydrogen) atoms. The first-order valence-electron chi connectivity index (χ1n) is 10.2. The van der Waals surface area contributed by atoms with Crippen molar-refractivity contribution >= 4 is 17.3 Å². The number of hydrogen-bond acceptors (Lipinski definition) is 2. The van der Waals surface area contributed by atoms with Gasteiger partial charge in [0.05, 0.1) is 17.8 Å². The van der Waals surface area contributed by atoms with E-state index in [-0.39, 0.29) is 17.9 Å². The number of pyridine rings is 1. The molecule has 3 aromatic rings. The topological polar surface area (TPSA) is 33.1 Å². The first kappa shape index (κ1) is 18.3. The van der Waals surface area contributed by atoms with Crippen LogP contribution in [0.15, 0.2) is 67.0 Å². The summed E-state index contributed by atoms with van der Waals surface area (Å²) in [6.45, 7) is 0. The molecule has 1 saturated carbocycles. The normalized spacial score (nSPS) is 22.2. The zero-order valence-corrected chi connectivity index (χ0v) is 16.9. The Morgan fingerprint density at radius 3 is 2.52 bits per heavy atom. The molecule has 2 aliphatic rings. The van der Waals surface area contributed by atoms with Crippen LogP contribution < -0.4 is 5.32 Å². The Bertz CT molecular complexity index is 995. The van der Waals surface area contributed by atoms with Crippen molar-refractivity contribution in [1.29, 1.82) is 0 Å². The second-order valence-corrected chi connectivity index (χ2v) is 8.14. The Morgan fingerprint density at radius 1 is 1.00 bits per heavy atom. The maximum Gasteiger partial charge on any atom is 0.170 e. The molecule has 4 nitrogen and oxygen atoms in total. The third-order valence-corrected chi connectivity index (χ3v) is 6.37. The summed E-state index contributed by atoms with van der Waals surface area (Å²) >= 11 is 5.81. The van der Waals surface area contributed by atoms with E-state index in [1.807, 2.05) is 42.7 Å². The second kappa shape index (κ2) is 7.59. The fourth-order valence-electron chi connectivity index (χ4n) is 4.73. The number of benzene rings is 1. The van der Waals surface area contributed by atoms with E-state index >= 15 is 0 Å². The van der Waals surface area contributed by atoms with Crippen LogP contribution in [0.1, 0.15) is 49.2 Å². The van der Waals surface area contributed by atoms with Crippen molar-refractivity contribution in [2.24, 2.45) is 0 Å². The molecule has 1 aliphatic heterocycles. The van der Waals surface area contributed by atoms with Gasteiger partial charge >= 0.3 is 0 Å². The van der Waals surface area contributed by atoms with E-state index in [0.717, 1.165) is 35.0 Å². The molecule has 2 atom stereocenters. The Balaban J connectivity index is 1.61. The van der Waals surface area contributed by atoms with Crippen molar-refractivity contribution in [1.82, 2.24) is 19.8 Å². The predicted octanol–water partition coefficient (Wildman–Crippen LogP) is 4.93. The molecule has 1 saturated heterocycles. The van der Waals surface area contributed by atoms with Crippen molar-refractivity contribution in [3.8, 4) is 5.69 Å². The van der Waals surface area contributed by atoms with Crippen molar-refractivity contribution < 1.29 is 4.39 Å². The van der Waals surface area contributed by atoms with Gasteiger partial charge in [-0.15, -0.1) is 0 Å². The van der Waals surface area contributed by atoms with Crippen LogP contribution in [-0.4, -0.2) is 25.6 Å². The van der Waals surface area contributed by atoms with E-state index in [1.165, 1.54) is 25.0 Å². The summed E-state index contributed by atoms with van der Waals surface area (Å²) in [5.41, 5.74) is 3.05. The van der Waals surface area contributed by atoms with Crippen LogP contribution >= 0.6 is 12.2 Å². The minimum atomic E-state index is -0.231. The maximum atomic E-state index is 13.5. The summed E-state index contributed by atoms with van der Waals surface area (Å²) in [7, 11) is 0. The van der Waals surface area contributed by atoms with Gasteiger partial charge < -0.3 is 14.8 Å². The molecule has 2 aromatic heterocycles. The van der Waals surface area contributed by atoms with E-state index in [0.29, 0.717) is 6.04 Å². The lowest BCUT2D eigenvalue weighted by atomic mass is 9.99. The van der Waals surface area contributed by atoms with Crippen molar-refractivity contribution in [3.63, 3.8) is 0 Å². The van der Waals surface area contributed by atoms with Crippen molar-refractivity contribution in [2.45, 2.75) is 43.8 Å². The van der Waals surface area contributed by atoms with Gasteiger partial charge in [-0.25, -0.2) is 4.39 Å². The van der Waals surface area contributed by atoms with Gasteiger partial charge in [0.15, 0.2) is 5.11 Å². The molecule has 0 spiro atoms. The molecule has 1 aliphatic carbocycles. The Morgan fingerprint density at radius 2 is 1.79 bits per heavy atom. The first-order valence-corrected chi connectivity index (χ1v) is 10.6. The van der Waals surface area contributed by atoms with Crippen LogP contribution in [0.3, 0.4) is 0 Å². The summed E-state index contributed by atoms with van der Waals surface area (Å²) < 4.78 is 15.6. The van der Waals surface area contributed by atoms with E-state index < -0.39 is 0 Å². The first-order chi connectivity index (χ1) is 14.2. The van der Waals surface area contributed by atoms with Gasteiger partial charge in [-0.2, -0.15) is 0 Å². The number of aromatic nitrogens is 2. The van der Waals surface area contributed by atoms with Crippen molar-refractivity contribution in [3.05, 3.63) is 84.2 Å². The third kappa shape index (κ3) is 3.31. The zero-order chi connectivity index (χ0) is 19.8. The van der Waals surface area contributed by atoms with E-state index in [9.17, 15) is 4.39 Å². The standard InChI is InChI=1S/C23H23FN4S/c24-16-10-12-17(13-11-16)27-15-5-9-20(27)22-21(19-8-3-4-14-25-19)26-23(29)28(22)18-6-1-2-7-18/h3-5,8-15,18,21-22H,1-2,6-7H2,(H,26,29)/t21-,22-/m1/s1. The average Bonchev–Trinajstić information content (AvgIpc) is 3.48. The molecule has 1 aromatic carbocycles. The molecule has 0 unspecified atom stereocenters. The van der Waals surface area contributed by atoms with Crippen LogP contribution in [0.25, 0.3) is 5.69 Å². The Kier molecular flexibility index (Phi) is 4.79. The molecular formula is C23H23FN4S. The molecule has 0 bridgehead atoms. The zero-order valence-electron chi connectivity index (χ0n) is 16.0. The smallest absolute Gasteiger partial charge is 0.170 e. The highest BCUT2D eigenvalue weighted by Crippen LogP contribution is 2.43. The van der Waals surface area contributed by atoms with E-state index in [4.69, 9.17) is 12.2 Å². The number of nitrogens with zero attached hydrogens (tertiary/aromatic N) is 3. The van der Waals surface area contributed by atoms with Crippen molar-refractivity contribution in [2.75, 3.05) is 0 Å². The summed E-state index contributed by atoms with van der Waals surface area (Å²) in [4.78, 5) is 7.01. The fraction of sp³-hybridized carbons (Fsp3) is 0.304. The number of nitrogens with one attached hydrogen (secondary N) is 1. The largest absolute Gasteiger partial charge is 0.352 e. The summed E-state index contributed by atoms with van der Waals surface area (Å²) in [6.07, 6.45) is 8.66. The lowest BCUT2D eigenvalue weighted by Crippen LogP contribution is -2.38. The summed E-state index contributed by atoms with van der Waals surface area (Å²) in [6, 6.07) is 17.3. The Labute approximate surface area is 175 Å². The van der Waals surface area contributed by atoms with Crippen LogP contribution in [0, 0.1) is 5.82 Å². The van der Waals surface area contributed by atoms with Gasteiger partial charge in [0, 0.05) is 29.8 Å². The monoisotopic (exact) mass is 406 g/mol. The second-order valence-electron chi connectivity index (χ2n) is 7.75. The van der Waals surface area contributed by atoms with Crippen LogP contribution in [0.4, 0.5) is 4.39 Å². The van der Waals surface area contributed by atoms with Gasteiger partial charge in [0.1, 0.15) is 5.82 Å². The Hall–Kier alpha value is -2.73. The molecule has 5 rings (SSSR count). The maximum absolute atomic E-state index is 13.5. The van der Waals surface area contributed by atoms with Gasteiger partial charge in [0.25, 0.3) is 0 Å². The van der Waals surface area contributed by atoms with Gasteiger partial charge in [-0.05, 0) is 73.6 Å². The SMILES string of the molecule is Fc1ccc(-n2cccc2[C@@H]2[C@@H](c3ccccn3)NC(=S)N2C2CCCC2)cc1. The molecule has 0 radical (unpaired) electrons. The highest BCUT2D eigenvalue weighted by molar-refractivity contribution is 7.80. The average molecular weight is 407 g/mol. The summed E-state index contributed by atoms with van der Waals surface area (Å²) in [5.74, 6) is -0.231. The number of rotatable bonds is 4. The summed E-state index contributed by atoms with van der Waals surface area (Å²) in [5, 5.41) is 4.34. The molecule has 2 fully saturated rings. The van der Waals surface area contributed by atoms with E-state index in [1.54, 1.807) is 0 Å². The number of thiocarbonyl (C=S) groups is 1. The van der Waals surface area contributed by atoms with Crippen LogP contribution in [0.5, 0.6) is 0 Å². The van der Waals surface area contributed by atoms with Crippen LogP contribution in [-0.2, 0) is 0 Å². The third-order valence-electron chi connectivity index (χ3n) is 6.04. The highest BCUT2D eigenvalue weighted by Gasteiger charge is 2.44. The predicted molar refractivity (Wildman–Crippen MR) is 115 cm³/mol. The lowest BCUT2D eigenvalue weighted by Gasteiger charge is -2.33. The van der Waals surface area contributed by atoms with Gasteiger partial charge in [0.2, 0.25) is 0 Å². The van der Waals surface area contributed by atoms with E-state index in [2.05, 4.69) is 31.9 Å². The molecule has 0 amide bonds. The molecule has 6 heteroatoms. The van der Waals surface area contributed by atoms with Crippen LogP contribution in [0.2, 0.25) is 0 Å². The molecular weight excluding hydrogens is 383 g/mol. The van der Waals surface area contributed by atoms with Gasteiger partial charge in [-0.3, -0.25) is 4.98 Å². The minimum Gasteiger partial charge on any atom is -0.352 e. The van der Waals surface area contributed by atoms with Gasteiger partial charge in [-0.1, -0.05) is 18.9 Å². The highest BCUT2D eigenvalue weighted by atomic mass is 32.1. The molecule has 3 heterocycles. The number of hydrogen-bond donors (Lipinski definition) is 1.